The molecule has 3 nitrogen and oxygen atoms in total. The van der Waals surface area contributed by atoms with Crippen molar-refractivity contribution in [1.82, 2.24) is 9.88 Å². The van der Waals surface area contributed by atoms with Crippen LogP contribution in [0.3, 0.4) is 0 Å². The largest absolute Gasteiger partial charge is 0.333 e. The van der Waals surface area contributed by atoms with Crippen LogP contribution in [0.5, 0.6) is 0 Å². The molecule has 1 amide bonds. The van der Waals surface area contributed by atoms with Crippen LogP contribution in [0.2, 0.25) is 0 Å². The number of halogens is 1. The summed E-state index contributed by atoms with van der Waals surface area (Å²) >= 11 is 3.48. The highest BCUT2D eigenvalue weighted by molar-refractivity contribution is 9.10. The van der Waals surface area contributed by atoms with E-state index < -0.39 is 0 Å². The smallest absolute Gasteiger partial charge is 0.254 e. The molecule has 0 unspecified atom stereocenters. The van der Waals surface area contributed by atoms with Crippen molar-refractivity contribution in [1.29, 1.82) is 0 Å². The molecule has 0 spiro atoms. The maximum absolute atomic E-state index is 12.7. The number of pyridine rings is 1. The summed E-state index contributed by atoms with van der Waals surface area (Å²) in [6.45, 7) is 7.08. The molecule has 0 atom stereocenters. The van der Waals surface area contributed by atoms with E-state index in [1.807, 2.05) is 62.1 Å². The van der Waals surface area contributed by atoms with Gasteiger partial charge in [-0.05, 0) is 50.6 Å². The number of hydrogen-bond acceptors (Lipinski definition) is 2. The average Bonchev–Trinajstić information content (AvgIpc) is 2.47. The van der Waals surface area contributed by atoms with E-state index in [0.717, 1.165) is 27.0 Å². The van der Waals surface area contributed by atoms with E-state index in [2.05, 4.69) is 20.9 Å². The van der Waals surface area contributed by atoms with Crippen molar-refractivity contribution in [2.24, 2.45) is 0 Å². The topological polar surface area (TPSA) is 33.2 Å². The van der Waals surface area contributed by atoms with Crippen LogP contribution in [0, 0.1) is 13.8 Å². The zero-order valence-corrected chi connectivity index (χ0v) is 14.1. The Kier molecular flexibility index (Phi) is 5.12. The first-order chi connectivity index (χ1) is 10.0. The number of aromatic nitrogens is 1. The first-order valence-electron chi connectivity index (χ1n) is 7.00. The molecule has 0 bridgehead atoms. The van der Waals surface area contributed by atoms with Crippen LogP contribution >= 0.6 is 15.9 Å². The summed E-state index contributed by atoms with van der Waals surface area (Å²) in [4.78, 5) is 19.0. The van der Waals surface area contributed by atoms with Gasteiger partial charge in [0.1, 0.15) is 0 Å². The van der Waals surface area contributed by atoms with Crippen molar-refractivity contribution < 1.29 is 4.79 Å². The van der Waals surface area contributed by atoms with Crippen LogP contribution in [0.4, 0.5) is 0 Å². The summed E-state index contributed by atoms with van der Waals surface area (Å²) in [6, 6.07) is 11.6. The van der Waals surface area contributed by atoms with Gasteiger partial charge in [0, 0.05) is 22.3 Å². The Hall–Kier alpha value is -1.68. The molecule has 0 saturated carbocycles. The lowest BCUT2D eigenvalue weighted by molar-refractivity contribution is 0.0749. The van der Waals surface area contributed by atoms with Crippen LogP contribution in [0.15, 0.2) is 40.9 Å². The van der Waals surface area contributed by atoms with Gasteiger partial charge < -0.3 is 4.90 Å². The third kappa shape index (κ3) is 3.70. The van der Waals surface area contributed by atoms with Crippen LogP contribution in [0.1, 0.15) is 34.2 Å². The fourth-order valence-electron chi connectivity index (χ4n) is 2.22. The molecule has 2 aromatic rings. The number of carbonyl (C=O) groups is 1. The molecule has 4 heteroatoms. The van der Waals surface area contributed by atoms with Crippen molar-refractivity contribution in [2.45, 2.75) is 27.3 Å². The highest BCUT2D eigenvalue weighted by atomic mass is 79.9. The maximum atomic E-state index is 12.7. The van der Waals surface area contributed by atoms with E-state index in [9.17, 15) is 4.79 Å². The molecule has 21 heavy (non-hydrogen) atoms. The summed E-state index contributed by atoms with van der Waals surface area (Å²) in [6.07, 6.45) is 0. The first kappa shape index (κ1) is 15.7. The molecule has 1 aromatic carbocycles. The van der Waals surface area contributed by atoms with Gasteiger partial charge >= 0.3 is 0 Å². The van der Waals surface area contributed by atoms with Gasteiger partial charge in [-0.2, -0.15) is 0 Å². The monoisotopic (exact) mass is 346 g/mol. The minimum absolute atomic E-state index is 0.0413. The van der Waals surface area contributed by atoms with Crippen molar-refractivity contribution in [2.75, 3.05) is 6.54 Å². The standard InChI is InChI=1S/C17H19BrN2O/c1-4-20(11-14-8-5-7-12(2)19-14)17(21)15-9-6-10-16(18)13(15)3/h5-10H,4,11H2,1-3H3. The van der Waals surface area contributed by atoms with Crippen LogP contribution in [-0.2, 0) is 6.54 Å². The zero-order chi connectivity index (χ0) is 15.4. The Labute approximate surface area is 134 Å². The van der Waals surface area contributed by atoms with Crippen LogP contribution in [-0.4, -0.2) is 22.3 Å². The first-order valence-corrected chi connectivity index (χ1v) is 7.79. The lowest BCUT2D eigenvalue weighted by atomic mass is 10.1. The molecule has 0 saturated heterocycles. The number of nitrogens with zero attached hydrogens (tertiary/aromatic N) is 2. The number of amides is 1. The fourth-order valence-corrected chi connectivity index (χ4v) is 2.59. The summed E-state index contributed by atoms with van der Waals surface area (Å²) in [5.41, 5.74) is 3.59. The average molecular weight is 347 g/mol. The highest BCUT2D eigenvalue weighted by Crippen LogP contribution is 2.21. The molecule has 110 valence electrons. The van der Waals surface area contributed by atoms with Crippen LogP contribution < -0.4 is 0 Å². The van der Waals surface area contributed by atoms with Gasteiger partial charge in [0.15, 0.2) is 0 Å². The minimum atomic E-state index is 0.0413. The van der Waals surface area contributed by atoms with E-state index in [-0.39, 0.29) is 5.91 Å². The lowest BCUT2D eigenvalue weighted by Gasteiger charge is -2.22. The Morgan fingerprint density at radius 1 is 1.19 bits per heavy atom. The van der Waals surface area contributed by atoms with E-state index in [4.69, 9.17) is 0 Å². The predicted molar refractivity (Wildman–Crippen MR) is 88.3 cm³/mol. The molecule has 2 rings (SSSR count). The SMILES string of the molecule is CCN(Cc1cccc(C)n1)C(=O)c1cccc(Br)c1C. The van der Waals surface area contributed by atoms with Gasteiger partial charge in [-0.25, -0.2) is 0 Å². The molecule has 0 fully saturated rings. The lowest BCUT2D eigenvalue weighted by Crippen LogP contribution is -2.31. The van der Waals surface area contributed by atoms with Gasteiger partial charge in [0.25, 0.3) is 5.91 Å². The summed E-state index contributed by atoms with van der Waals surface area (Å²) in [7, 11) is 0. The van der Waals surface area contributed by atoms with Gasteiger partial charge in [-0.1, -0.05) is 28.1 Å². The molecule has 1 aromatic heterocycles. The van der Waals surface area contributed by atoms with E-state index in [1.54, 1.807) is 0 Å². The molecule has 1 heterocycles. The Morgan fingerprint density at radius 3 is 2.57 bits per heavy atom. The zero-order valence-electron chi connectivity index (χ0n) is 12.6. The Balaban J connectivity index is 2.25. The number of hydrogen-bond donors (Lipinski definition) is 0. The fraction of sp³-hybridized carbons (Fsp3) is 0.294. The third-order valence-electron chi connectivity index (χ3n) is 3.47. The second-order valence-corrected chi connectivity index (χ2v) is 5.86. The van der Waals surface area contributed by atoms with Crippen molar-refractivity contribution >= 4 is 21.8 Å². The van der Waals surface area contributed by atoms with Gasteiger partial charge in [0.2, 0.25) is 0 Å². The van der Waals surface area contributed by atoms with Gasteiger partial charge in [-0.15, -0.1) is 0 Å². The highest BCUT2D eigenvalue weighted by Gasteiger charge is 2.17. The predicted octanol–water partition coefficient (Wildman–Crippen LogP) is 4.12. The van der Waals surface area contributed by atoms with Crippen LogP contribution in [0.25, 0.3) is 0 Å². The van der Waals surface area contributed by atoms with Crippen molar-refractivity contribution in [3.8, 4) is 0 Å². The number of benzene rings is 1. The minimum Gasteiger partial charge on any atom is -0.333 e. The van der Waals surface area contributed by atoms with Crippen molar-refractivity contribution in [3.63, 3.8) is 0 Å². The van der Waals surface area contributed by atoms with E-state index >= 15 is 0 Å². The molecule has 0 radical (unpaired) electrons. The summed E-state index contributed by atoms with van der Waals surface area (Å²) in [5.74, 6) is 0.0413. The maximum Gasteiger partial charge on any atom is 0.254 e. The molecule has 0 aliphatic rings. The molecule has 0 aliphatic heterocycles. The second kappa shape index (κ2) is 6.85. The molecule has 0 N–H and O–H groups in total. The quantitative estimate of drug-likeness (QED) is 0.833. The summed E-state index contributed by atoms with van der Waals surface area (Å²) in [5, 5.41) is 0. The Bertz CT molecular complexity index is 655. The number of carbonyl (C=O) groups excluding carboxylic acids is 1. The Morgan fingerprint density at radius 2 is 1.90 bits per heavy atom. The second-order valence-electron chi connectivity index (χ2n) is 5.00. The normalized spacial score (nSPS) is 10.5. The third-order valence-corrected chi connectivity index (χ3v) is 4.32. The molecular formula is C17H19BrN2O. The number of aryl methyl sites for hydroxylation is 1. The summed E-state index contributed by atoms with van der Waals surface area (Å²) < 4.78 is 0.957. The number of rotatable bonds is 4. The van der Waals surface area contributed by atoms with Crippen molar-refractivity contribution in [3.05, 3.63) is 63.4 Å². The van der Waals surface area contributed by atoms with Gasteiger partial charge in [-0.3, -0.25) is 9.78 Å². The van der Waals surface area contributed by atoms with E-state index in [1.165, 1.54) is 0 Å². The molecular weight excluding hydrogens is 328 g/mol. The van der Waals surface area contributed by atoms with Gasteiger partial charge in [0.05, 0.1) is 12.2 Å². The van der Waals surface area contributed by atoms with E-state index in [0.29, 0.717) is 13.1 Å². The molecule has 0 aliphatic carbocycles.